The van der Waals surface area contributed by atoms with Crippen molar-refractivity contribution in [2.75, 3.05) is 12.8 Å². The van der Waals surface area contributed by atoms with Crippen molar-refractivity contribution in [2.45, 2.75) is 20.3 Å². The van der Waals surface area contributed by atoms with Crippen LogP contribution in [0.4, 0.5) is 5.69 Å². The fourth-order valence-corrected chi connectivity index (χ4v) is 2.58. The number of allylic oxidation sites excluding steroid dienone is 1. The molecular formula is C16H18N2O. The number of ether oxygens (including phenoxy) is 1. The number of hydrogen-bond donors (Lipinski definition) is 1. The highest BCUT2D eigenvalue weighted by atomic mass is 16.5. The van der Waals surface area contributed by atoms with Crippen LogP contribution >= 0.6 is 0 Å². The Balaban J connectivity index is 2.27. The first-order valence-electron chi connectivity index (χ1n) is 6.45. The second-order valence-electron chi connectivity index (χ2n) is 5.77. The van der Waals surface area contributed by atoms with Crippen molar-refractivity contribution in [2.24, 2.45) is 5.41 Å². The molecule has 1 aromatic carbocycles. The van der Waals surface area contributed by atoms with Crippen LogP contribution in [0.2, 0.25) is 0 Å². The van der Waals surface area contributed by atoms with E-state index in [0.717, 1.165) is 40.0 Å². The van der Waals surface area contributed by atoms with E-state index in [-0.39, 0.29) is 5.41 Å². The van der Waals surface area contributed by atoms with Crippen molar-refractivity contribution >= 4 is 22.7 Å². The normalized spacial score (nSPS) is 16.4. The zero-order chi connectivity index (χ0) is 13.6. The predicted octanol–water partition coefficient (Wildman–Crippen LogP) is 3.42. The minimum atomic E-state index is 0.138. The van der Waals surface area contributed by atoms with Gasteiger partial charge in [-0.1, -0.05) is 26.0 Å². The molecule has 0 saturated heterocycles. The van der Waals surface area contributed by atoms with E-state index in [0.29, 0.717) is 0 Å². The molecule has 1 aliphatic carbocycles. The van der Waals surface area contributed by atoms with E-state index >= 15 is 0 Å². The third kappa shape index (κ3) is 1.95. The van der Waals surface area contributed by atoms with E-state index in [4.69, 9.17) is 15.5 Å². The Bertz CT molecular complexity index is 687. The summed E-state index contributed by atoms with van der Waals surface area (Å²) in [5.74, 6) is 0.810. The molecule has 0 atom stereocenters. The van der Waals surface area contributed by atoms with Gasteiger partial charge in [0.25, 0.3) is 0 Å². The molecule has 2 aromatic rings. The molecule has 98 valence electrons. The summed E-state index contributed by atoms with van der Waals surface area (Å²) in [5, 5.41) is 0.990. The van der Waals surface area contributed by atoms with Crippen LogP contribution in [-0.2, 0) is 6.42 Å². The number of rotatable bonds is 1. The lowest BCUT2D eigenvalue weighted by Crippen LogP contribution is -2.18. The van der Waals surface area contributed by atoms with Gasteiger partial charge in [-0.15, -0.1) is 0 Å². The number of aromatic nitrogens is 1. The molecule has 0 saturated carbocycles. The summed E-state index contributed by atoms with van der Waals surface area (Å²) in [4.78, 5) is 4.77. The maximum Gasteiger partial charge on any atom is 0.121 e. The van der Waals surface area contributed by atoms with Crippen LogP contribution in [0.5, 0.6) is 5.75 Å². The van der Waals surface area contributed by atoms with Crippen LogP contribution in [0.1, 0.15) is 25.1 Å². The smallest absolute Gasteiger partial charge is 0.121 e. The summed E-state index contributed by atoms with van der Waals surface area (Å²) >= 11 is 0. The van der Waals surface area contributed by atoms with Gasteiger partial charge < -0.3 is 10.5 Å². The molecule has 0 amide bonds. The molecule has 0 radical (unpaired) electrons. The number of nitrogens with zero attached hydrogens (tertiary/aromatic N) is 1. The average molecular weight is 254 g/mol. The number of hydrogen-bond acceptors (Lipinski definition) is 3. The molecule has 1 aromatic heterocycles. The fourth-order valence-electron chi connectivity index (χ4n) is 2.58. The molecule has 1 aliphatic rings. The van der Waals surface area contributed by atoms with E-state index < -0.39 is 0 Å². The number of pyridine rings is 1. The van der Waals surface area contributed by atoms with Gasteiger partial charge in [-0.2, -0.15) is 0 Å². The Morgan fingerprint density at radius 2 is 2.11 bits per heavy atom. The average Bonchev–Trinajstić information content (AvgIpc) is 2.36. The van der Waals surface area contributed by atoms with Gasteiger partial charge in [0.2, 0.25) is 0 Å². The fraction of sp³-hybridized carbons (Fsp3) is 0.312. The standard InChI is InChI=1S/C16H18N2O/c1-16(2)7-6-12-14(9-16)18-13-8-10(19-3)4-5-11(13)15(12)17/h4-8H,9H2,1-3H3,(H2,17,18). The van der Waals surface area contributed by atoms with E-state index in [1.807, 2.05) is 18.2 Å². The zero-order valence-electron chi connectivity index (χ0n) is 11.5. The molecule has 0 fully saturated rings. The molecule has 0 bridgehead atoms. The van der Waals surface area contributed by atoms with Crippen LogP contribution in [-0.4, -0.2) is 12.1 Å². The Kier molecular flexibility index (Phi) is 2.52. The molecule has 2 N–H and O–H groups in total. The first-order valence-corrected chi connectivity index (χ1v) is 6.45. The first-order chi connectivity index (χ1) is 9.00. The van der Waals surface area contributed by atoms with Crippen molar-refractivity contribution in [1.82, 2.24) is 4.98 Å². The Morgan fingerprint density at radius 1 is 1.32 bits per heavy atom. The van der Waals surface area contributed by atoms with Crippen LogP contribution in [0.15, 0.2) is 24.3 Å². The highest BCUT2D eigenvalue weighted by Crippen LogP contribution is 2.37. The Hall–Kier alpha value is -2.03. The van der Waals surface area contributed by atoms with Gasteiger partial charge in [0.05, 0.1) is 24.0 Å². The number of benzene rings is 1. The highest BCUT2D eigenvalue weighted by Gasteiger charge is 2.24. The predicted molar refractivity (Wildman–Crippen MR) is 79.2 cm³/mol. The monoisotopic (exact) mass is 254 g/mol. The summed E-state index contributed by atoms with van der Waals surface area (Å²) < 4.78 is 5.25. The number of fused-ring (bicyclic) bond motifs is 2. The van der Waals surface area contributed by atoms with Crippen molar-refractivity contribution < 1.29 is 4.74 Å². The maximum atomic E-state index is 6.29. The van der Waals surface area contributed by atoms with Crippen LogP contribution < -0.4 is 10.5 Å². The Morgan fingerprint density at radius 3 is 2.84 bits per heavy atom. The van der Waals surface area contributed by atoms with Crippen molar-refractivity contribution in [3.63, 3.8) is 0 Å². The van der Waals surface area contributed by atoms with Crippen molar-refractivity contribution in [1.29, 1.82) is 0 Å². The topological polar surface area (TPSA) is 48.1 Å². The molecule has 3 heteroatoms. The van der Waals surface area contributed by atoms with Crippen LogP contribution in [0.3, 0.4) is 0 Å². The van der Waals surface area contributed by atoms with E-state index in [2.05, 4.69) is 26.0 Å². The number of nitrogen functional groups attached to an aromatic ring is 1. The summed E-state index contributed by atoms with van der Waals surface area (Å²) in [6.45, 7) is 4.42. The molecule has 0 aliphatic heterocycles. The first kappa shape index (κ1) is 12.0. The third-order valence-electron chi connectivity index (χ3n) is 3.68. The van der Waals surface area contributed by atoms with E-state index in [9.17, 15) is 0 Å². The molecule has 19 heavy (non-hydrogen) atoms. The zero-order valence-corrected chi connectivity index (χ0v) is 11.5. The largest absolute Gasteiger partial charge is 0.497 e. The van der Waals surface area contributed by atoms with Gasteiger partial charge in [0.1, 0.15) is 5.75 Å². The lowest BCUT2D eigenvalue weighted by atomic mass is 9.81. The lowest BCUT2D eigenvalue weighted by molar-refractivity contribution is 0.415. The Labute approximate surface area is 113 Å². The summed E-state index contributed by atoms with van der Waals surface area (Å²) in [6, 6.07) is 5.84. The minimum absolute atomic E-state index is 0.138. The quantitative estimate of drug-likeness (QED) is 0.848. The number of nitrogens with two attached hydrogens (primary N) is 1. The highest BCUT2D eigenvalue weighted by molar-refractivity contribution is 5.96. The van der Waals surface area contributed by atoms with Gasteiger partial charge in [-0.25, -0.2) is 0 Å². The maximum absolute atomic E-state index is 6.29. The van der Waals surface area contributed by atoms with E-state index in [1.54, 1.807) is 7.11 Å². The lowest BCUT2D eigenvalue weighted by Gasteiger charge is -2.26. The molecule has 1 heterocycles. The molecular weight excluding hydrogens is 236 g/mol. The summed E-state index contributed by atoms with van der Waals surface area (Å²) in [7, 11) is 1.66. The number of methoxy groups -OCH3 is 1. The molecule has 3 rings (SSSR count). The van der Waals surface area contributed by atoms with Gasteiger partial charge in [0, 0.05) is 17.0 Å². The third-order valence-corrected chi connectivity index (χ3v) is 3.68. The summed E-state index contributed by atoms with van der Waals surface area (Å²) in [5.41, 5.74) is 10.3. The minimum Gasteiger partial charge on any atom is -0.497 e. The van der Waals surface area contributed by atoms with Crippen molar-refractivity contribution in [3.8, 4) is 5.75 Å². The van der Waals surface area contributed by atoms with E-state index in [1.165, 1.54) is 0 Å². The molecule has 0 unspecified atom stereocenters. The van der Waals surface area contributed by atoms with Gasteiger partial charge in [-0.05, 0) is 24.0 Å². The van der Waals surface area contributed by atoms with Gasteiger partial charge in [0.15, 0.2) is 0 Å². The molecule has 0 spiro atoms. The molecule has 3 nitrogen and oxygen atoms in total. The SMILES string of the molecule is COc1ccc2c(N)c3c(nc2c1)CC(C)(C)C=C3. The number of anilines is 1. The second kappa shape index (κ2) is 3.98. The van der Waals surface area contributed by atoms with Crippen LogP contribution in [0.25, 0.3) is 17.0 Å². The summed E-state index contributed by atoms with van der Waals surface area (Å²) in [6.07, 6.45) is 5.23. The van der Waals surface area contributed by atoms with Crippen LogP contribution in [0, 0.1) is 5.41 Å². The van der Waals surface area contributed by atoms with Gasteiger partial charge in [-0.3, -0.25) is 4.98 Å². The van der Waals surface area contributed by atoms with Crippen molar-refractivity contribution in [3.05, 3.63) is 35.5 Å². The second-order valence-corrected chi connectivity index (χ2v) is 5.77. The van der Waals surface area contributed by atoms with Gasteiger partial charge >= 0.3 is 0 Å².